The van der Waals surface area contributed by atoms with Gasteiger partial charge in [-0.15, -0.1) is 0 Å². The van der Waals surface area contributed by atoms with Crippen LogP contribution >= 0.6 is 0 Å². The second kappa shape index (κ2) is 11.2. The summed E-state index contributed by atoms with van der Waals surface area (Å²) in [6.45, 7) is 6.57. The smallest absolute Gasteiger partial charge is 0.309 e. The average Bonchev–Trinajstić information content (AvgIpc) is 3.14. The van der Waals surface area contributed by atoms with Crippen molar-refractivity contribution in [2.75, 3.05) is 6.61 Å². The molecule has 9 atom stereocenters. The molecule has 2 N–H and O–H groups in total. The number of hydrogen-bond acceptors (Lipinski definition) is 5. The fourth-order valence-corrected chi connectivity index (χ4v) is 7.47. The summed E-state index contributed by atoms with van der Waals surface area (Å²) in [5, 5.41) is 13.3. The molecule has 1 aliphatic heterocycles. The largest absolute Gasteiger partial charge is 0.462 e. The van der Waals surface area contributed by atoms with Crippen LogP contribution in [0.2, 0.25) is 0 Å². The van der Waals surface area contributed by atoms with Crippen molar-refractivity contribution in [1.82, 2.24) is 5.32 Å². The van der Waals surface area contributed by atoms with Crippen molar-refractivity contribution in [3.05, 3.63) is 65.5 Å². The van der Waals surface area contributed by atoms with Crippen molar-refractivity contribution >= 4 is 11.5 Å². The van der Waals surface area contributed by atoms with Gasteiger partial charge in [-0.05, 0) is 98.5 Å². The van der Waals surface area contributed by atoms with E-state index in [1.165, 1.54) is 11.6 Å². The summed E-state index contributed by atoms with van der Waals surface area (Å²) in [7, 11) is 0. The third-order valence-electron chi connectivity index (χ3n) is 9.09. The first-order valence-electron chi connectivity index (χ1n) is 13.9. The van der Waals surface area contributed by atoms with Crippen molar-refractivity contribution in [1.29, 1.82) is 0 Å². The Balaban J connectivity index is 0.00000336. The van der Waals surface area contributed by atoms with Gasteiger partial charge in [0.05, 0.1) is 5.92 Å². The van der Waals surface area contributed by atoms with Crippen LogP contribution < -0.4 is 5.32 Å². The van der Waals surface area contributed by atoms with Gasteiger partial charge in [-0.1, -0.05) is 43.4 Å². The summed E-state index contributed by atoms with van der Waals surface area (Å²) < 4.78 is 24.8. The fraction of sp³-hybridized carbons (Fsp3) is 0.581. The number of allylic oxidation sites excluding steroid dienone is 6. The highest BCUT2D eigenvalue weighted by molar-refractivity contribution is 5.75. The number of fused-ring (bicyclic) bond motifs is 2. The summed E-state index contributed by atoms with van der Waals surface area (Å²) in [5.41, 5.74) is 3.37. The van der Waals surface area contributed by atoms with Gasteiger partial charge in [0.25, 0.3) is 0 Å². The maximum absolute atomic E-state index is 13.8. The predicted octanol–water partition coefficient (Wildman–Crippen LogP) is 5.86. The van der Waals surface area contributed by atoms with E-state index < -0.39 is 6.41 Å². The number of aliphatic hydroxyl groups is 1. The molecule has 1 saturated heterocycles. The molecule has 0 spiro atoms. The zero-order valence-electron chi connectivity index (χ0n) is 22.1. The quantitative estimate of drug-likeness (QED) is 0.354. The molecule has 4 aliphatic rings. The number of benzene rings is 1. The molecule has 202 valence electrons. The monoisotopic (exact) mass is 511 g/mol. The topological polar surface area (TPSA) is 67.8 Å². The van der Waals surface area contributed by atoms with Crippen LogP contribution in [0.5, 0.6) is 0 Å². The maximum atomic E-state index is 13.8. The van der Waals surface area contributed by atoms with Crippen LogP contribution in [0.1, 0.15) is 59.9 Å². The summed E-state index contributed by atoms with van der Waals surface area (Å²) >= 11 is 0. The lowest BCUT2D eigenvalue weighted by molar-refractivity contribution is -0.145. The van der Waals surface area contributed by atoms with E-state index in [9.17, 15) is 14.3 Å². The minimum absolute atomic E-state index is 0. The zero-order valence-corrected chi connectivity index (χ0v) is 22.1. The molecule has 5 nitrogen and oxygen atoms in total. The highest BCUT2D eigenvalue weighted by atomic mass is 19.1. The molecule has 2 saturated carbocycles. The molecule has 3 fully saturated rings. The maximum Gasteiger partial charge on any atom is 0.309 e. The van der Waals surface area contributed by atoms with Gasteiger partial charge in [0, 0.05) is 20.0 Å². The first-order valence-corrected chi connectivity index (χ1v) is 13.9. The first-order chi connectivity index (χ1) is 17.8. The van der Waals surface area contributed by atoms with Crippen LogP contribution in [-0.4, -0.2) is 36.2 Å². The molecule has 2 unspecified atom stereocenters. The van der Waals surface area contributed by atoms with Crippen molar-refractivity contribution < 1.29 is 25.2 Å². The van der Waals surface area contributed by atoms with E-state index in [-0.39, 0.29) is 43.1 Å². The Kier molecular flexibility index (Phi) is 7.99. The average molecular weight is 512 g/mol. The van der Waals surface area contributed by atoms with Gasteiger partial charge in [-0.2, -0.15) is 0 Å². The van der Waals surface area contributed by atoms with Crippen molar-refractivity contribution in [2.24, 2.45) is 35.5 Å². The Morgan fingerprint density at radius 1 is 1.27 bits per heavy atom. The summed E-state index contributed by atoms with van der Waals surface area (Å²) in [6.07, 6.45) is 12.6. The molecule has 1 aromatic rings. The molecule has 0 aromatic heterocycles. The highest BCUT2D eigenvalue weighted by Gasteiger charge is 2.54. The van der Waals surface area contributed by atoms with Gasteiger partial charge < -0.3 is 14.6 Å². The summed E-state index contributed by atoms with van der Waals surface area (Å²) in [4.78, 5) is 12.8. The van der Waals surface area contributed by atoms with Gasteiger partial charge in [-0.3, -0.25) is 10.1 Å². The second-order valence-electron chi connectivity index (χ2n) is 11.4. The zero-order chi connectivity index (χ0) is 26.1. The lowest BCUT2D eigenvalue weighted by Gasteiger charge is -2.48. The van der Waals surface area contributed by atoms with Crippen molar-refractivity contribution in [2.45, 2.75) is 71.4 Å². The number of carbonyl (C=O) groups is 1. The van der Waals surface area contributed by atoms with Gasteiger partial charge in [0.1, 0.15) is 11.9 Å². The number of rotatable bonds is 7. The van der Waals surface area contributed by atoms with E-state index in [1.54, 1.807) is 12.1 Å². The van der Waals surface area contributed by atoms with Crippen LogP contribution in [-0.2, 0) is 14.3 Å². The molecule has 37 heavy (non-hydrogen) atoms. The molecule has 3 aliphatic carbocycles. The molecule has 0 radical (unpaired) electrons. The summed E-state index contributed by atoms with van der Waals surface area (Å²) in [6, 6.07) is 7.01. The molecule has 0 amide bonds. The van der Waals surface area contributed by atoms with Gasteiger partial charge in [0.2, 0.25) is 6.41 Å². The Hall–Kier alpha value is -2.28. The van der Waals surface area contributed by atoms with Crippen LogP contribution in [0.25, 0.3) is 5.57 Å². The normalized spacial score (nSPS) is 36.4. The van der Waals surface area contributed by atoms with E-state index in [0.717, 1.165) is 43.2 Å². The van der Waals surface area contributed by atoms with Gasteiger partial charge >= 0.3 is 5.97 Å². The second-order valence-corrected chi connectivity index (χ2v) is 11.4. The Labute approximate surface area is 221 Å². The molecule has 1 aromatic carbocycles. The van der Waals surface area contributed by atoms with Gasteiger partial charge in [0.15, 0.2) is 0 Å². The van der Waals surface area contributed by atoms with Crippen molar-refractivity contribution in [3.8, 4) is 0 Å². The first kappa shape index (κ1) is 26.3. The van der Waals surface area contributed by atoms with E-state index in [4.69, 9.17) is 9.47 Å². The number of halogens is 1. The fourth-order valence-electron chi connectivity index (χ4n) is 7.47. The minimum atomic E-state index is -0.944. The lowest BCUT2D eigenvalue weighted by Crippen LogP contribution is -2.49. The molecular weight excluding hydrogens is 469 g/mol. The molecule has 5 rings (SSSR count). The predicted molar refractivity (Wildman–Crippen MR) is 144 cm³/mol. The number of hydrogen-bond donors (Lipinski definition) is 2. The number of nitrogens with one attached hydrogen (secondary N) is 1. The number of ether oxygens (including phenoxy) is 2. The van der Waals surface area contributed by atoms with Gasteiger partial charge in [-0.25, -0.2) is 4.39 Å². The third-order valence-corrected chi connectivity index (χ3v) is 9.09. The Bertz CT molecular complexity index is 1090. The van der Waals surface area contributed by atoms with Crippen molar-refractivity contribution in [3.63, 3.8) is 0 Å². The molecule has 1 heterocycles. The number of esters is 1. The molecular formula is C31H42FNO4. The highest BCUT2D eigenvalue weighted by Crippen LogP contribution is 2.53. The Morgan fingerprint density at radius 2 is 2.11 bits per heavy atom. The van der Waals surface area contributed by atoms with Crippen LogP contribution in [0.15, 0.2) is 54.1 Å². The molecule has 0 bridgehead atoms. The Morgan fingerprint density at radius 3 is 2.86 bits per heavy atom. The van der Waals surface area contributed by atoms with E-state index >= 15 is 0 Å². The minimum Gasteiger partial charge on any atom is -0.462 e. The number of aliphatic hydroxyl groups excluding tert-OH is 1. The van der Waals surface area contributed by atoms with E-state index in [0.29, 0.717) is 24.4 Å². The standard InChI is InChI=1S/C31H40FNO4.H2/c1-4-36-31(35)33-24-10-13-26-22(16-24)17-28-29(19(3)37-30(28)34)27(26)12-9-20-8-11-25(18(2)14-20)21-6-5-7-23(32)15-21;/h5-9,11-12,15,18-19,22,24,26-29,31,33,35H,4,10,13-14,16-17H2,1-3H3;1H/b12-9+;/t18?,19-,22+,24+,26-,27+,28-,29+,31?;/m0./s1. The number of cyclic esters (lactones) is 1. The molecule has 6 heteroatoms. The van der Waals surface area contributed by atoms with Crippen LogP contribution in [0, 0.1) is 41.3 Å². The lowest BCUT2D eigenvalue weighted by atomic mass is 9.56. The summed E-state index contributed by atoms with van der Waals surface area (Å²) in [5.74, 6) is 1.39. The van der Waals surface area contributed by atoms with Crippen LogP contribution in [0.4, 0.5) is 4.39 Å². The van der Waals surface area contributed by atoms with E-state index in [2.05, 4.69) is 36.5 Å². The number of carbonyl (C=O) groups excluding carboxylic acids is 1. The van der Waals surface area contributed by atoms with Crippen LogP contribution in [0.3, 0.4) is 0 Å². The SMILES string of the molecule is CCOC(O)N[C@@H]1CC[C@H]2[C@H](C1)C[C@@H]1C(=O)O[C@@H](C)[C@@H]1[C@@H]2/C=C/C1=CC=C(c2cccc(F)c2)C(C)C1.[HH]. The van der Waals surface area contributed by atoms with E-state index in [1.807, 2.05) is 19.9 Å². The third kappa shape index (κ3) is 5.62.